The summed E-state index contributed by atoms with van der Waals surface area (Å²) < 4.78 is 0.953. The van der Waals surface area contributed by atoms with Crippen molar-refractivity contribution < 1.29 is 5.11 Å². The fraction of sp³-hybridized carbons (Fsp3) is 0.333. The van der Waals surface area contributed by atoms with Crippen LogP contribution in [-0.4, -0.2) is 5.11 Å². The van der Waals surface area contributed by atoms with Crippen LogP contribution in [0.15, 0.2) is 56.7 Å². The van der Waals surface area contributed by atoms with Crippen LogP contribution in [0.25, 0.3) is 0 Å². The minimum absolute atomic E-state index is 0.186. The van der Waals surface area contributed by atoms with Crippen molar-refractivity contribution in [1.82, 2.24) is 0 Å². The lowest BCUT2D eigenvalue weighted by molar-refractivity contribution is 0.198. The Morgan fingerprint density at radius 2 is 1.57 bits per heavy atom. The molecule has 0 aliphatic carbocycles. The molecule has 0 amide bonds. The van der Waals surface area contributed by atoms with Crippen LogP contribution < -0.4 is 0 Å². The SMILES string of the molecule is CC(O)c1ccc(Sc2ccc(C(C)(C)C)cc2)cc1Br. The summed E-state index contributed by atoms with van der Waals surface area (Å²) in [6.07, 6.45) is -0.454. The minimum Gasteiger partial charge on any atom is -0.389 e. The Morgan fingerprint density at radius 1 is 1.00 bits per heavy atom. The Hall–Kier alpha value is -0.770. The van der Waals surface area contributed by atoms with Gasteiger partial charge in [-0.05, 0) is 47.7 Å². The fourth-order valence-electron chi connectivity index (χ4n) is 2.07. The van der Waals surface area contributed by atoms with Crippen LogP contribution in [0.4, 0.5) is 0 Å². The van der Waals surface area contributed by atoms with Gasteiger partial charge in [0.25, 0.3) is 0 Å². The maximum Gasteiger partial charge on any atom is 0.0772 e. The minimum atomic E-state index is -0.454. The first-order valence-corrected chi connectivity index (χ1v) is 8.64. The molecule has 1 atom stereocenters. The maximum atomic E-state index is 9.66. The number of benzene rings is 2. The molecular weight excluding hydrogens is 344 g/mol. The van der Waals surface area contributed by atoms with Gasteiger partial charge in [-0.15, -0.1) is 0 Å². The van der Waals surface area contributed by atoms with E-state index in [2.05, 4.69) is 73.1 Å². The molecule has 3 heteroatoms. The molecule has 2 aromatic carbocycles. The van der Waals surface area contributed by atoms with Crippen molar-refractivity contribution in [3.8, 4) is 0 Å². The topological polar surface area (TPSA) is 20.2 Å². The van der Waals surface area contributed by atoms with E-state index < -0.39 is 6.10 Å². The van der Waals surface area contributed by atoms with Crippen LogP contribution in [0.2, 0.25) is 0 Å². The van der Waals surface area contributed by atoms with Gasteiger partial charge in [0.05, 0.1) is 6.10 Å². The predicted molar refractivity (Wildman–Crippen MR) is 94.0 cm³/mol. The van der Waals surface area contributed by atoms with Gasteiger partial charge in [0.15, 0.2) is 0 Å². The largest absolute Gasteiger partial charge is 0.389 e. The third-order valence-electron chi connectivity index (χ3n) is 3.38. The zero-order chi connectivity index (χ0) is 15.6. The Kier molecular flexibility index (Phi) is 5.18. The second-order valence-electron chi connectivity index (χ2n) is 6.24. The number of hydrogen-bond donors (Lipinski definition) is 1. The zero-order valence-corrected chi connectivity index (χ0v) is 15.3. The lowest BCUT2D eigenvalue weighted by Crippen LogP contribution is -2.10. The molecule has 0 spiro atoms. The standard InChI is InChI=1S/C18H21BrOS/c1-12(20)16-10-9-15(11-17(16)19)21-14-7-5-13(6-8-14)18(2,3)4/h5-12,20H,1-4H3. The van der Waals surface area contributed by atoms with Gasteiger partial charge in [0.2, 0.25) is 0 Å². The molecule has 0 saturated heterocycles. The molecule has 0 radical (unpaired) electrons. The fourth-order valence-corrected chi connectivity index (χ4v) is 3.79. The van der Waals surface area contributed by atoms with Gasteiger partial charge < -0.3 is 5.11 Å². The van der Waals surface area contributed by atoms with Crippen molar-refractivity contribution in [3.63, 3.8) is 0 Å². The first-order valence-electron chi connectivity index (χ1n) is 7.03. The third kappa shape index (κ3) is 4.35. The molecule has 0 saturated carbocycles. The average molecular weight is 365 g/mol. The van der Waals surface area contributed by atoms with Crippen LogP contribution in [0, 0.1) is 0 Å². The molecule has 0 aliphatic rings. The molecule has 0 bridgehead atoms. The molecule has 2 aromatic rings. The first-order chi connectivity index (χ1) is 9.77. The van der Waals surface area contributed by atoms with E-state index in [0.29, 0.717) is 0 Å². The van der Waals surface area contributed by atoms with Crippen molar-refractivity contribution in [2.75, 3.05) is 0 Å². The molecule has 1 N–H and O–H groups in total. The van der Waals surface area contributed by atoms with Gasteiger partial charge in [-0.3, -0.25) is 0 Å². The number of hydrogen-bond acceptors (Lipinski definition) is 2. The Labute approximate surface area is 139 Å². The van der Waals surface area contributed by atoms with E-state index in [0.717, 1.165) is 14.9 Å². The summed E-state index contributed by atoms with van der Waals surface area (Å²) in [6.45, 7) is 8.45. The third-order valence-corrected chi connectivity index (χ3v) is 5.06. The van der Waals surface area contributed by atoms with Crippen molar-refractivity contribution in [1.29, 1.82) is 0 Å². The van der Waals surface area contributed by atoms with Crippen LogP contribution in [-0.2, 0) is 5.41 Å². The number of halogens is 1. The molecule has 21 heavy (non-hydrogen) atoms. The van der Waals surface area contributed by atoms with Crippen LogP contribution in [0.5, 0.6) is 0 Å². The smallest absolute Gasteiger partial charge is 0.0772 e. The van der Waals surface area contributed by atoms with E-state index in [1.54, 1.807) is 18.7 Å². The van der Waals surface area contributed by atoms with E-state index in [-0.39, 0.29) is 5.41 Å². The highest BCUT2D eigenvalue weighted by molar-refractivity contribution is 9.10. The molecule has 2 rings (SSSR count). The molecule has 0 aromatic heterocycles. The quantitative estimate of drug-likeness (QED) is 0.725. The highest BCUT2D eigenvalue weighted by Gasteiger charge is 2.13. The van der Waals surface area contributed by atoms with E-state index in [4.69, 9.17) is 0 Å². The zero-order valence-electron chi connectivity index (χ0n) is 12.9. The number of aliphatic hydroxyl groups excluding tert-OH is 1. The van der Waals surface area contributed by atoms with Gasteiger partial charge in [-0.1, -0.05) is 66.7 Å². The van der Waals surface area contributed by atoms with E-state index in [1.165, 1.54) is 10.5 Å². The van der Waals surface area contributed by atoms with Crippen molar-refractivity contribution in [3.05, 3.63) is 58.1 Å². The summed E-state index contributed by atoms with van der Waals surface area (Å²) >= 11 is 5.26. The lowest BCUT2D eigenvalue weighted by atomic mass is 9.87. The van der Waals surface area contributed by atoms with Crippen LogP contribution >= 0.6 is 27.7 Å². The summed E-state index contributed by atoms with van der Waals surface area (Å²) in [6, 6.07) is 14.8. The lowest BCUT2D eigenvalue weighted by Gasteiger charge is -2.19. The maximum absolute atomic E-state index is 9.66. The van der Waals surface area contributed by atoms with Crippen molar-refractivity contribution in [2.24, 2.45) is 0 Å². The van der Waals surface area contributed by atoms with Gasteiger partial charge >= 0.3 is 0 Å². The summed E-state index contributed by atoms with van der Waals surface area (Å²) in [7, 11) is 0. The van der Waals surface area contributed by atoms with Gasteiger partial charge in [-0.25, -0.2) is 0 Å². The van der Waals surface area contributed by atoms with Crippen LogP contribution in [0.3, 0.4) is 0 Å². The molecule has 0 aliphatic heterocycles. The molecule has 1 unspecified atom stereocenters. The second-order valence-corrected chi connectivity index (χ2v) is 8.24. The Balaban J connectivity index is 2.17. The van der Waals surface area contributed by atoms with Gasteiger partial charge in [-0.2, -0.15) is 0 Å². The second kappa shape index (κ2) is 6.55. The molecule has 1 nitrogen and oxygen atoms in total. The molecule has 0 heterocycles. The average Bonchev–Trinajstić information content (AvgIpc) is 2.38. The van der Waals surface area contributed by atoms with E-state index in [1.807, 2.05) is 6.07 Å². The van der Waals surface area contributed by atoms with Crippen molar-refractivity contribution >= 4 is 27.7 Å². The number of rotatable bonds is 3. The Morgan fingerprint density at radius 3 is 2.05 bits per heavy atom. The Bertz CT molecular complexity index is 612. The van der Waals surface area contributed by atoms with E-state index >= 15 is 0 Å². The highest BCUT2D eigenvalue weighted by Crippen LogP contribution is 2.34. The number of aliphatic hydroxyl groups is 1. The van der Waals surface area contributed by atoms with E-state index in [9.17, 15) is 5.11 Å². The summed E-state index contributed by atoms with van der Waals surface area (Å²) in [5.74, 6) is 0. The van der Waals surface area contributed by atoms with Gasteiger partial charge in [0.1, 0.15) is 0 Å². The normalized spacial score (nSPS) is 13.2. The summed E-state index contributed by atoms with van der Waals surface area (Å²) in [5.41, 5.74) is 2.45. The first kappa shape index (κ1) is 16.6. The summed E-state index contributed by atoms with van der Waals surface area (Å²) in [4.78, 5) is 2.38. The van der Waals surface area contributed by atoms with Crippen molar-refractivity contribution in [2.45, 2.75) is 49.0 Å². The summed E-state index contributed by atoms with van der Waals surface area (Å²) in [5, 5.41) is 9.66. The van der Waals surface area contributed by atoms with Crippen LogP contribution in [0.1, 0.15) is 44.9 Å². The van der Waals surface area contributed by atoms with Gasteiger partial charge in [0, 0.05) is 14.3 Å². The molecule has 112 valence electrons. The molecular formula is C18H21BrOS. The molecule has 0 fully saturated rings. The monoisotopic (exact) mass is 364 g/mol. The highest BCUT2D eigenvalue weighted by atomic mass is 79.9. The predicted octanol–water partition coefficient (Wildman–Crippen LogP) is 5.95.